The number of nitrogens with one attached hydrogen (secondary N) is 1. The second-order valence-corrected chi connectivity index (χ2v) is 5.35. The van der Waals surface area contributed by atoms with Crippen molar-refractivity contribution in [3.63, 3.8) is 0 Å². The molecule has 1 N–H and O–H groups in total. The van der Waals surface area contributed by atoms with Gasteiger partial charge >= 0.3 is 0 Å². The zero-order valence-electron chi connectivity index (χ0n) is 12.4. The van der Waals surface area contributed by atoms with E-state index in [0.717, 1.165) is 11.0 Å². The van der Waals surface area contributed by atoms with E-state index in [2.05, 4.69) is 5.32 Å². The zero-order valence-corrected chi connectivity index (χ0v) is 12.4. The van der Waals surface area contributed by atoms with Gasteiger partial charge in [-0.2, -0.15) is 0 Å². The first-order valence-electron chi connectivity index (χ1n) is 7.10. The number of carbonyl (C=O) groups excluding carboxylic acids is 1. The minimum Gasteiger partial charge on any atom is -0.459 e. The number of carbonyl (C=O) groups is 1. The quantitative estimate of drug-likeness (QED) is 0.780. The van der Waals surface area contributed by atoms with Crippen molar-refractivity contribution in [2.45, 2.75) is 19.9 Å². The van der Waals surface area contributed by atoms with Crippen LogP contribution in [0, 0.1) is 12.7 Å². The standard InChI is InChI=1S/C18H16FNO2/c1-11-7-8-14(9-15(11)19)18(21)20-12(2)17-10-13-5-3-4-6-16(13)22-17/h3-10,12H,1-2H3,(H,20,21)/t12-/m0/s1. The monoisotopic (exact) mass is 297 g/mol. The van der Waals surface area contributed by atoms with Gasteiger partial charge in [-0.25, -0.2) is 4.39 Å². The number of amides is 1. The maximum Gasteiger partial charge on any atom is 0.251 e. The van der Waals surface area contributed by atoms with Gasteiger partial charge in [0.2, 0.25) is 0 Å². The van der Waals surface area contributed by atoms with Crippen LogP contribution in [0.25, 0.3) is 11.0 Å². The molecule has 0 aliphatic rings. The number of hydrogen-bond acceptors (Lipinski definition) is 2. The van der Waals surface area contributed by atoms with Crippen molar-refractivity contribution in [2.75, 3.05) is 0 Å². The van der Waals surface area contributed by atoms with E-state index >= 15 is 0 Å². The number of furan rings is 1. The molecule has 3 aromatic rings. The van der Waals surface area contributed by atoms with Crippen LogP contribution in [-0.4, -0.2) is 5.91 Å². The third kappa shape index (κ3) is 2.72. The van der Waals surface area contributed by atoms with Gasteiger partial charge in [0.15, 0.2) is 0 Å². The van der Waals surface area contributed by atoms with Crippen molar-refractivity contribution in [1.82, 2.24) is 5.32 Å². The number of rotatable bonds is 3. The van der Waals surface area contributed by atoms with Crippen LogP contribution in [0.3, 0.4) is 0 Å². The fraction of sp³-hybridized carbons (Fsp3) is 0.167. The molecule has 0 aliphatic heterocycles. The van der Waals surface area contributed by atoms with E-state index in [9.17, 15) is 9.18 Å². The molecule has 2 aromatic carbocycles. The Morgan fingerprint density at radius 3 is 2.68 bits per heavy atom. The molecule has 4 heteroatoms. The van der Waals surface area contributed by atoms with Crippen molar-refractivity contribution < 1.29 is 13.6 Å². The SMILES string of the molecule is Cc1ccc(C(=O)N[C@@H](C)c2cc3ccccc3o2)cc1F. The van der Waals surface area contributed by atoms with Gasteiger partial charge in [-0.05, 0) is 43.7 Å². The predicted molar refractivity (Wildman–Crippen MR) is 83.2 cm³/mol. The lowest BCUT2D eigenvalue weighted by Crippen LogP contribution is -2.26. The molecule has 22 heavy (non-hydrogen) atoms. The van der Waals surface area contributed by atoms with E-state index in [1.165, 1.54) is 6.07 Å². The third-order valence-corrected chi connectivity index (χ3v) is 3.65. The maximum absolute atomic E-state index is 13.5. The summed E-state index contributed by atoms with van der Waals surface area (Å²) in [7, 11) is 0. The average Bonchev–Trinajstić information content (AvgIpc) is 2.94. The van der Waals surface area contributed by atoms with Crippen LogP contribution in [0.15, 0.2) is 52.9 Å². The summed E-state index contributed by atoms with van der Waals surface area (Å²) >= 11 is 0. The summed E-state index contributed by atoms with van der Waals surface area (Å²) in [5.74, 6) is -0.0435. The van der Waals surface area contributed by atoms with Crippen LogP contribution in [0.2, 0.25) is 0 Å². The van der Waals surface area contributed by atoms with Gasteiger partial charge in [0.05, 0.1) is 6.04 Å². The fourth-order valence-electron chi connectivity index (χ4n) is 2.30. The summed E-state index contributed by atoms with van der Waals surface area (Å²) in [6.45, 7) is 3.49. The van der Waals surface area contributed by atoms with Crippen LogP contribution in [0.4, 0.5) is 4.39 Å². The Morgan fingerprint density at radius 2 is 1.95 bits per heavy atom. The zero-order chi connectivity index (χ0) is 15.7. The Bertz CT molecular complexity index is 805. The molecule has 112 valence electrons. The number of fused-ring (bicyclic) bond motifs is 1. The Morgan fingerprint density at radius 1 is 1.18 bits per heavy atom. The highest BCUT2D eigenvalue weighted by molar-refractivity contribution is 5.94. The minimum atomic E-state index is -0.385. The van der Waals surface area contributed by atoms with Crippen molar-refractivity contribution in [3.8, 4) is 0 Å². The van der Waals surface area contributed by atoms with Gasteiger partial charge in [-0.3, -0.25) is 4.79 Å². The molecule has 1 atom stereocenters. The van der Waals surface area contributed by atoms with Crippen molar-refractivity contribution in [2.24, 2.45) is 0 Å². The van der Waals surface area contributed by atoms with Gasteiger partial charge in [0, 0.05) is 10.9 Å². The normalized spacial score (nSPS) is 12.3. The van der Waals surface area contributed by atoms with Crippen LogP contribution < -0.4 is 5.32 Å². The smallest absolute Gasteiger partial charge is 0.251 e. The third-order valence-electron chi connectivity index (χ3n) is 3.65. The number of para-hydroxylation sites is 1. The molecular formula is C18H16FNO2. The summed E-state index contributed by atoms with van der Waals surface area (Å²) in [5.41, 5.74) is 1.59. The highest BCUT2D eigenvalue weighted by Gasteiger charge is 2.16. The van der Waals surface area contributed by atoms with E-state index in [1.807, 2.05) is 37.3 Å². The maximum atomic E-state index is 13.5. The largest absolute Gasteiger partial charge is 0.459 e. The van der Waals surface area contributed by atoms with Gasteiger partial charge in [-0.1, -0.05) is 24.3 Å². The van der Waals surface area contributed by atoms with E-state index < -0.39 is 0 Å². The number of halogens is 1. The topological polar surface area (TPSA) is 42.2 Å². The lowest BCUT2D eigenvalue weighted by atomic mass is 10.1. The average molecular weight is 297 g/mol. The second kappa shape index (κ2) is 5.64. The molecule has 0 aliphatic carbocycles. The molecule has 0 unspecified atom stereocenters. The van der Waals surface area contributed by atoms with Crippen LogP contribution in [0.1, 0.15) is 34.6 Å². The molecule has 3 rings (SSSR count). The Labute approximate surface area is 127 Å². The van der Waals surface area contributed by atoms with Gasteiger partial charge in [-0.15, -0.1) is 0 Å². The lowest BCUT2D eigenvalue weighted by molar-refractivity contribution is 0.0935. The van der Waals surface area contributed by atoms with E-state index in [1.54, 1.807) is 19.1 Å². The summed E-state index contributed by atoms with van der Waals surface area (Å²) in [5, 5.41) is 3.81. The Balaban J connectivity index is 1.79. The van der Waals surface area contributed by atoms with E-state index in [-0.39, 0.29) is 17.8 Å². The molecule has 1 amide bonds. The Kier molecular flexibility index (Phi) is 3.67. The molecule has 1 aromatic heterocycles. The molecule has 0 bridgehead atoms. The molecule has 0 saturated heterocycles. The van der Waals surface area contributed by atoms with Crippen molar-refractivity contribution in [1.29, 1.82) is 0 Å². The van der Waals surface area contributed by atoms with E-state index in [0.29, 0.717) is 16.9 Å². The lowest BCUT2D eigenvalue weighted by Gasteiger charge is -2.11. The van der Waals surface area contributed by atoms with Crippen LogP contribution in [0.5, 0.6) is 0 Å². The minimum absolute atomic E-state index is 0.297. The molecular weight excluding hydrogens is 281 g/mol. The number of hydrogen-bond donors (Lipinski definition) is 1. The summed E-state index contributed by atoms with van der Waals surface area (Å²) in [6.07, 6.45) is 0. The molecule has 0 saturated carbocycles. The predicted octanol–water partition coefficient (Wildman–Crippen LogP) is 4.37. The van der Waals surface area contributed by atoms with Gasteiger partial charge < -0.3 is 9.73 Å². The van der Waals surface area contributed by atoms with E-state index in [4.69, 9.17) is 4.42 Å². The van der Waals surface area contributed by atoms with Crippen LogP contribution >= 0.6 is 0 Å². The Hall–Kier alpha value is -2.62. The molecule has 1 heterocycles. The number of benzene rings is 2. The van der Waals surface area contributed by atoms with Gasteiger partial charge in [0.1, 0.15) is 17.2 Å². The summed E-state index contributed by atoms with van der Waals surface area (Å²) < 4.78 is 19.3. The van der Waals surface area contributed by atoms with Gasteiger partial charge in [0.25, 0.3) is 5.91 Å². The van der Waals surface area contributed by atoms with Crippen LogP contribution in [-0.2, 0) is 0 Å². The molecule has 0 radical (unpaired) electrons. The fourth-order valence-corrected chi connectivity index (χ4v) is 2.30. The summed E-state index contributed by atoms with van der Waals surface area (Å²) in [4.78, 5) is 12.2. The molecule has 3 nitrogen and oxygen atoms in total. The molecule has 0 spiro atoms. The van der Waals surface area contributed by atoms with Crippen molar-refractivity contribution in [3.05, 3.63) is 71.2 Å². The number of aryl methyl sites for hydroxylation is 1. The first kappa shape index (κ1) is 14.3. The highest BCUT2D eigenvalue weighted by Crippen LogP contribution is 2.23. The highest BCUT2D eigenvalue weighted by atomic mass is 19.1. The second-order valence-electron chi connectivity index (χ2n) is 5.35. The molecule has 0 fully saturated rings. The van der Waals surface area contributed by atoms with Crippen molar-refractivity contribution >= 4 is 16.9 Å². The first-order chi connectivity index (χ1) is 10.5. The first-order valence-corrected chi connectivity index (χ1v) is 7.10. The summed E-state index contributed by atoms with van der Waals surface area (Å²) in [6, 6.07) is 13.7.